The average molecular weight is 284 g/mol. The quantitative estimate of drug-likeness (QED) is 0.861. The van der Waals surface area contributed by atoms with Gasteiger partial charge >= 0.3 is 0 Å². The molecule has 0 atom stereocenters. The molecule has 0 radical (unpaired) electrons. The van der Waals surface area contributed by atoms with Crippen LogP contribution in [0.15, 0.2) is 36.7 Å². The second kappa shape index (κ2) is 7.23. The fraction of sp³-hybridized carbons (Fsp3) is 0.389. The molecule has 0 saturated heterocycles. The van der Waals surface area contributed by atoms with Gasteiger partial charge in [0.25, 0.3) is 0 Å². The summed E-state index contributed by atoms with van der Waals surface area (Å²) < 4.78 is 6.05. The zero-order valence-electron chi connectivity index (χ0n) is 13.3. The predicted octanol–water partition coefficient (Wildman–Crippen LogP) is 4.24. The van der Waals surface area contributed by atoms with Crippen molar-refractivity contribution in [3.05, 3.63) is 53.3 Å². The number of pyridine rings is 1. The van der Waals surface area contributed by atoms with Crippen LogP contribution in [0, 0.1) is 19.8 Å². The molecule has 1 aromatic heterocycles. The normalized spacial score (nSPS) is 10.9. The minimum Gasteiger partial charge on any atom is -0.457 e. The highest BCUT2D eigenvalue weighted by molar-refractivity contribution is 5.39. The number of nitrogens with zero attached hydrogens (tertiary/aromatic N) is 1. The van der Waals surface area contributed by atoms with Crippen molar-refractivity contribution in [2.24, 2.45) is 5.92 Å². The van der Waals surface area contributed by atoms with Gasteiger partial charge in [-0.05, 0) is 55.6 Å². The molecule has 0 aliphatic carbocycles. The lowest BCUT2D eigenvalue weighted by molar-refractivity contribution is 0.467. The molecule has 0 amide bonds. The van der Waals surface area contributed by atoms with Crippen molar-refractivity contribution < 1.29 is 4.74 Å². The lowest BCUT2D eigenvalue weighted by atomic mass is 10.1. The predicted molar refractivity (Wildman–Crippen MR) is 86.8 cm³/mol. The third-order valence-corrected chi connectivity index (χ3v) is 3.15. The molecule has 0 spiro atoms. The number of aromatic nitrogens is 1. The van der Waals surface area contributed by atoms with Crippen LogP contribution < -0.4 is 10.1 Å². The molecule has 3 nitrogen and oxygen atoms in total. The van der Waals surface area contributed by atoms with Crippen molar-refractivity contribution in [3.8, 4) is 11.5 Å². The van der Waals surface area contributed by atoms with Crippen LogP contribution >= 0.6 is 0 Å². The number of ether oxygens (including phenoxy) is 1. The van der Waals surface area contributed by atoms with Crippen LogP contribution in [0.3, 0.4) is 0 Å². The van der Waals surface area contributed by atoms with E-state index in [2.05, 4.69) is 56.2 Å². The summed E-state index contributed by atoms with van der Waals surface area (Å²) in [5.74, 6) is 2.38. The molecule has 1 heterocycles. The summed E-state index contributed by atoms with van der Waals surface area (Å²) in [6.07, 6.45) is 3.63. The van der Waals surface area contributed by atoms with Crippen LogP contribution in [0.25, 0.3) is 0 Å². The Hall–Kier alpha value is -1.87. The van der Waals surface area contributed by atoms with E-state index in [-0.39, 0.29) is 0 Å². The molecule has 0 bridgehead atoms. The van der Waals surface area contributed by atoms with E-state index in [0.29, 0.717) is 5.92 Å². The van der Waals surface area contributed by atoms with Crippen molar-refractivity contribution in [2.45, 2.75) is 34.2 Å². The second-order valence-electron chi connectivity index (χ2n) is 5.93. The first-order chi connectivity index (χ1) is 10.0. The van der Waals surface area contributed by atoms with Crippen molar-refractivity contribution in [1.82, 2.24) is 10.3 Å². The van der Waals surface area contributed by atoms with Crippen LogP contribution in [0.2, 0.25) is 0 Å². The van der Waals surface area contributed by atoms with Crippen molar-refractivity contribution in [3.63, 3.8) is 0 Å². The first kappa shape index (κ1) is 15.5. The van der Waals surface area contributed by atoms with E-state index < -0.39 is 0 Å². The van der Waals surface area contributed by atoms with Gasteiger partial charge in [-0.3, -0.25) is 4.98 Å². The van der Waals surface area contributed by atoms with Crippen molar-refractivity contribution in [2.75, 3.05) is 6.54 Å². The Kier molecular flexibility index (Phi) is 5.34. The van der Waals surface area contributed by atoms with Crippen LogP contribution in [-0.4, -0.2) is 11.5 Å². The van der Waals surface area contributed by atoms with Gasteiger partial charge in [0.05, 0.1) is 0 Å². The Morgan fingerprint density at radius 1 is 1.14 bits per heavy atom. The Bertz CT molecular complexity index is 573. The molecule has 112 valence electrons. The fourth-order valence-corrected chi connectivity index (χ4v) is 2.26. The summed E-state index contributed by atoms with van der Waals surface area (Å²) in [6, 6.07) is 8.17. The Morgan fingerprint density at radius 2 is 1.86 bits per heavy atom. The molecular weight excluding hydrogens is 260 g/mol. The van der Waals surface area contributed by atoms with Gasteiger partial charge in [-0.25, -0.2) is 0 Å². The van der Waals surface area contributed by atoms with Crippen molar-refractivity contribution in [1.29, 1.82) is 0 Å². The highest BCUT2D eigenvalue weighted by Gasteiger charge is 2.06. The summed E-state index contributed by atoms with van der Waals surface area (Å²) >= 11 is 0. The number of hydrogen-bond acceptors (Lipinski definition) is 3. The monoisotopic (exact) mass is 284 g/mol. The average Bonchev–Trinajstić information content (AvgIpc) is 2.39. The SMILES string of the molecule is Cc1cc(C)cc(Oc2ccncc2CNCC(C)C)c1. The molecule has 2 rings (SSSR count). The zero-order chi connectivity index (χ0) is 15.2. The van der Waals surface area contributed by atoms with Crippen molar-refractivity contribution >= 4 is 0 Å². The molecule has 3 heteroatoms. The minimum atomic E-state index is 0.630. The van der Waals surface area contributed by atoms with Gasteiger partial charge < -0.3 is 10.1 Å². The number of nitrogens with one attached hydrogen (secondary N) is 1. The lowest BCUT2D eigenvalue weighted by Crippen LogP contribution is -2.19. The smallest absolute Gasteiger partial charge is 0.134 e. The molecule has 1 aromatic carbocycles. The molecule has 0 aliphatic heterocycles. The Morgan fingerprint density at radius 3 is 2.52 bits per heavy atom. The van der Waals surface area contributed by atoms with Crippen LogP contribution in [0.4, 0.5) is 0 Å². The number of benzene rings is 1. The molecule has 0 fully saturated rings. The molecule has 0 saturated carbocycles. The third kappa shape index (κ3) is 4.87. The zero-order valence-corrected chi connectivity index (χ0v) is 13.3. The summed E-state index contributed by atoms with van der Waals surface area (Å²) in [6.45, 7) is 10.3. The lowest BCUT2D eigenvalue weighted by Gasteiger charge is -2.13. The second-order valence-corrected chi connectivity index (χ2v) is 5.93. The molecular formula is C18H24N2O. The first-order valence-electron chi connectivity index (χ1n) is 7.44. The largest absolute Gasteiger partial charge is 0.457 e. The first-order valence-corrected chi connectivity index (χ1v) is 7.44. The van der Waals surface area contributed by atoms with E-state index >= 15 is 0 Å². The number of rotatable bonds is 6. The molecule has 21 heavy (non-hydrogen) atoms. The van der Waals surface area contributed by atoms with E-state index in [1.54, 1.807) is 6.20 Å². The van der Waals surface area contributed by atoms with Gasteiger partial charge in [0.1, 0.15) is 11.5 Å². The van der Waals surface area contributed by atoms with E-state index in [1.807, 2.05) is 12.3 Å². The van der Waals surface area contributed by atoms with E-state index in [1.165, 1.54) is 11.1 Å². The third-order valence-electron chi connectivity index (χ3n) is 3.15. The molecule has 0 unspecified atom stereocenters. The maximum atomic E-state index is 6.05. The van der Waals surface area contributed by atoms with Gasteiger partial charge in [0, 0.05) is 24.5 Å². The summed E-state index contributed by atoms with van der Waals surface area (Å²) in [5, 5.41) is 3.43. The van der Waals surface area contributed by atoms with Gasteiger partial charge in [-0.1, -0.05) is 19.9 Å². The van der Waals surface area contributed by atoms with E-state index in [4.69, 9.17) is 4.74 Å². The highest BCUT2D eigenvalue weighted by atomic mass is 16.5. The Labute approximate surface area is 127 Å². The molecule has 2 aromatic rings. The standard InChI is InChI=1S/C18H24N2O/c1-13(2)10-20-12-16-11-19-6-5-18(16)21-17-8-14(3)7-15(4)9-17/h5-9,11,13,20H,10,12H2,1-4H3. The maximum absolute atomic E-state index is 6.05. The topological polar surface area (TPSA) is 34.1 Å². The van der Waals surface area contributed by atoms with Gasteiger partial charge in [-0.15, -0.1) is 0 Å². The van der Waals surface area contributed by atoms with E-state index in [9.17, 15) is 0 Å². The summed E-state index contributed by atoms with van der Waals surface area (Å²) in [7, 11) is 0. The number of hydrogen-bond donors (Lipinski definition) is 1. The van der Waals surface area contributed by atoms with E-state index in [0.717, 1.165) is 30.2 Å². The van der Waals surface area contributed by atoms with Gasteiger partial charge in [-0.2, -0.15) is 0 Å². The van der Waals surface area contributed by atoms with Crippen LogP contribution in [0.5, 0.6) is 11.5 Å². The van der Waals surface area contributed by atoms with Gasteiger partial charge in [0.15, 0.2) is 0 Å². The minimum absolute atomic E-state index is 0.630. The molecule has 1 N–H and O–H groups in total. The summed E-state index contributed by atoms with van der Waals surface area (Å²) in [4.78, 5) is 4.20. The molecule has 0 aliphatic rings. The van der Waals surface area contributed by atoms with Crippen LogP contribution in [-0.2, 0) is 6.54 Å². The fourth-order valence-electron chi connectivity index (χ4n) is 2.26. The highest BCUT2D eigenvalue weighted by Crippen LogP contribution is 2.26. The summed E-state index contributed by atoms with van der Waals surface area (Å²) in [5.41, 5.74) is 3.49. The Balaban J connectivity index is 2.12. The number of aryl methyl sites for hydroxylation is 2. The van der Waals surface area contributed by atoms with Crippen LogP contribution in [0.1, 0.15) is 30.5 Å². The maximum Gasteiger partial charge on any atom is 0.134 e. The van der Waals surface area contributed by atoms with Gasteiger partial charge in [0.2, 0.25) is 0 Å².